The molecule has 0 aliphatic heterocycles. The van der Waals surface area contributed by atoms with E-state index in [0.717, 1.165) is 11.1 Å². The van der Waals surface area contributed by atoms with Gasteiger partial charge >= 0.3 is 0 Å². The normalized spacial score (nSPS) is 11.4. The molecule has 0 aliphatic carbocycles. The van der Waals surface area contributed by atoms with Crippen molar-refractivity contribution in [3.63, 3.8) is 0 Å². The Hall–Kier alpha value is -3.16. The summed E-state index contributed by atoms with van der Waals surface area (Å²) >= 11 is 0. The molecule has 0 saturated heterocycles. The molecule has 5 aromatic carbocycles. The molecule has 0 spiro atoms. The van der Waals surface area contributed by atoms with Gasteiger partial charge in [0.1, 0.15) is 0 Å². The van der Waals surface area contributed by atoms with E-state index in [2.05, 4.69) is 78.9 Å². The van der Waals surface area contributed by atoms with Gasteiger partial charge in [-0.15, -0.1) is 0 Å². The molecule has 1 heteroatoms. The lowest BCUT2D eigenvalue weighted by atomic mass is 9.92. The van der Waals surface area contributed by atoms with Crippen molar-refractivity contribution in [1.82, 2.24) is 0 Å². The Morgan fingerprint density at radius 3 is 1.62 bits per heavy atom. The summed E-state index contributed by atoms with van der Waals surface area (Å²) in [7, 11) is 0. The van der Waals surface area contributed by atoms with Gasteiger partial charge in [-0.25, -0.2) is 0 Å². The monoisotopic (exact) mass is 334 g/mol. The molecule has 5 aromatic rings. The van der Waals surface area contributed by atoms with Crippen molar-refractivity contribution in [1.29, 1.82) is 0 Å². The molecule has 0 aliphatic rings. The van der Waals surface area contributed by atoms with Crippen LogP contribution in [-0.4, -0.2) is 5.11 Å². The third-order valence-corrected chi connectivity index (χ3v) is 5.19. The highest BCUT2D eigenvalue weighted by Crippen LogP contribution is 2.36. The Balaban J connectivity index is 1.88. The van der Waals surface area contributed by atoms with Gasteiger partial charge in [0.25, 0.3) is 0 Å². The Labute approximate surface area is 152 Å². The Morgan fingerprint density at radius 1 is 0.462 bits per heavy atom. The number of benzene rings is 5. The van der Waals surface area contributed by atoms with E-state index in [-0.39, 0.29) is 6.61 Å². The second-order valence-corrected chi connectivity index (χ2v) is 6.71. The van der Waals surface area contributed by atoms with Crippen LogP contribution in [0.25, 0.3) is 43.4 Å². The van der Waals surface area contributed by atoms with E-state index in [9.17, 15) is 5.11 Å². The fourth-order valence-electron chi connectivity index (χ4n) is 3.94. The Morgan fingerprint density at radius 2 is 1.00 bits per heavy atom. The second-order valence-electron chi connectivity index (χ2n) is 6.71. The summed E-state index contributed by atoms with van der Waals surface area (Å²) in [5.74, 6) is 0. The molecule has 1 nitrogen and oxygen atoms in total. The van der Waals surface area contributed by atoms with Gasteiger partial charge in [-0.3, -0.25) is 0 Å². The largest absolute Gasteiger partial charge is 0.392 e. The van der Waals surface area contributed by atoms with Crippen molar-refractivity contribution < 1.29 is 5.11 Å². The third-order valence-electron chi connectivity index (χ3n) is 5.19. The van der Waals surface area contributed by atoms with Gasteiger partial charge in [-0.1, -0.05) is 78.9 Å². The minimum atomic E-state index is 0.0645. The van der Waals surface area contributed by atoms with Crippen LogP contribution in [0.15, 0.2) is 91.0 Å². The van der Waals surface area contributed by atoms with E-state index in [1.807, 2.05) is 12.1 Å². The van der Waals surface area contributed by atoms with E-state index >= 15 is 0 Å². The molecule has 0 unspecified atom stereocenters. The van der Waals surface area contributed by atoms with Crippen molar-refractivity contribution in [2.45, 2.75) is 6.61 Å². The SMILES string of the molecule is OCc1cccc(-c2ccc3c4ccccc4c4ccccc4c3c2)c1. The van der Waals surface area contributed by atoms with Gasteiger partial charge in [0, 0.05) is 0 Å². The maximum atomic E-state index is 9.44. The van der Waals surface area contributed by atoms with E-state index in [4.69, 9.17) is 0 Å². The zero-order valence-corrected chi connectivity index (χ0v) is 14.3. The van der Waals surface area contributed by atoms with Crippen molar-refractivity contribution >= 4 is 32.3 Å². The number of hydrogen-bond donors (Lipinski definition) is 1. The van der Waals surface area contributed by atoms with Crippen LogP contribution < -0.4 is 0 Å². The Kier molecular flexibility index (Phi) is 3.48. The molecule has 0 atom stereocenters. The molecule has 0 fully saturated rings. The molecule has 0 bridgehead atoms. The van der Waals surface area contributed by atoms with Gasteiger partial charge in [0.2, 0.25) is 0 Å². The van der Waals surface area contributed by atoms with Crippen molar-refractivity contribution in [3.8, 4) is 11.1 Å². The lowest BCUT2D eigenvalue weighted by Gasteiger charge is -2.12. The van der Waals surface area contributed by atoms with Gasteiger partial charge in [0.05, 0.1) is 6.61 Å². The number of hydrogen-bond acceptors (Lipinski definition) is 1. The molecule has 0 heterocycles. The van der Waals surface area contributed by atoms with E-state index < -0.39 is 0 Å². The molecule has 124 valence electrons. The Bertz CT molecular complexity index is 1230. The molecule has 0 radical (unpaired) electrons. The molecule has 5 rings (SSSR count). The lowest BCUT2D eigenvalue weighted by Crippen LogP contribution is -1.86. The third kappa shape index (κ3) is 2.29. The first-order valence-corrected chi connectivity index (χ1v) is 8.88. The van der Waals surface area contributed by atoms with E-state index in [1.165, 1.54) is 37.9 Å². The topological polar surface area (TPSA) is 20.2 Å². The summed E-state index contributed by atoms with van der Waals surface area (Å²) in [5.41, 5.74) is 3.25. The first-order valence-electron chi connectivity index (χ1n) is 8.88. The van der Waals surface area contributed by atoms with E-state index in [0.29, 0.717) is 0 Å². The molecule has 0 saturated carbocycles. The number of fused-ring (bicyclic) bond motifs is 6. The van der Waals surface area contributed by atoms with E-state index in [1.54, 1.807) is 0 Å². The van der Waals surface area contributed by atoms with Crippen LogP contribution >= 0.6 is 0 Å². The van der Waals surface area contributed by atoms with Crippen LogP contribution in [0, 0.1) is 0 Å². The van der Waals surface area contributed by atoms with Crippen LogP contribution in [0.4, 0.5) is 0 Å². The first kappa shape index (κ1) is 15.1. The van der Waals surface area contributed by atoms with Crippen LogP contribution in [0.5, 0.6) is 0 Å². The standard InChI is InChI=1S/C25H18O/c26-16-17-6-5-7-18(14-17)19-12-13-24-22-10-2-1-8-20(22)21-9-3-4-11-23(21)25(24)15-19/h1-15,26H,16H2. The van der Waals surface area contributed by atoms with Crippen LogP contribution in [0.2, 0.25) is 0 Å². The fraction of sp³-hybridized carbons (Fsp3) is 0.0400. The average Bonchev–Trinajstić information content (AvgIpc) is 2.73. The number of aliphatic hydroxyl groups is 1. The summed E-state index contributed by atoms with van der Waals surface area (Å²) in [5, 5.41) is 17.1. The zero-order valence-electron chi connectivity index (χ0n) is 14.3. The number of aliphatic hydroxyl groups excluding tert-OH is 1. The highest BCUT2D eigenvalue weighted by atomic mass is 16.3. The zero-order chi connectivity index (χ0) is 17.5. The summed E-state index contributed by atoms with van der Waals surface area (Å²) in [6.07, 6.45) is 0. The predicted molar refractivity (Wildman–Crippen MR) is 110 cm³/mol. The predicted octanol–water partition coefficient (Wildman–Crippen LogP) is 6.31. The highest BCUT2D eigenvalue weighted by Gasteiger charge is 2.09. The fourth-order valence-corrected chi connectivity index (χ4v) is 3.94. The molecule has 26 heavy (non-hydrogen) atoms. The molecular weight excluding hydrogens is 316 g/mol. The molecular formula is C25H18O. The highest BCUT2D eigenvalue weighted by molar-refractivity contribution is 6.25. The first-order chi connectivity index (χ1) is 12.8. The summed E-state index contributed by atoms with van der Waals surface area (Å²) in [6.45, 7) is 0.0645. The van der Waals surface area contributed by atoms with Crippen LogP contribution in [0.3, 0.4) is 0 Å². The maximum absolute atomic E-state index is 9.44. The summed E-state index contributed by atoms with van der Waals surface area (Å²) < 4.78 is 0. The van der Waals surface area contributed by atoms with Gasteiger partial charge in [-0.05, 0) is 61.1 Å². The van der Waals surface area contributed by atoms with Crippen LogP contribution in [0.1, 0.15) is 5.56 Å². The molecule has 1 N–H and O–H groups in total. The summed E-state index contributed by atoms with van der Waals surface area (Å²) in [4.78, 5) is 0. The smallest absolute Gasteiger partial charge is 0.0682 e. The minimum Gasteiger partial charge on any atom is -0.392 e. The van der Waals surface area contributed by atoms with Crippen molar-refractivity contribution in [2.75, 3.05) is 0 Å². The summed E-state index contributed by atoms with van der Waals surface area (Å²) in [6, 6.07) is 32.0. The maximum Gasteiger partial charge on any atom is 0.0682 e. The van der Waals surface area contributed by atoms with Crippen LogP contribution in [-0.2, 0) is 6.61 Å². The molecule has 0 aromatic heterocycles. The van der Waals surface area contributed by atoms with Gasteiger partial charge in [-0.2, -0.15) is 0 Å². The van der Waals surface area contributed by atoms with Crippen molar-refractivity contribution in [3.05, 3.63) is 96.6 Å². The lowest BCUT2D eigenvalue weighted by molar-refractivity contribution is 0.282. The average molecular weight is 334 g/mol. The quantitative estimate of drug-likeness (QED) is 0.375. The van der Waals surface area contributed by atoms with Gasteiger partial charge in [0.15, 0.2) is 0 Å². The van der Waals surface area contributed by atoms with Crippen molar-refractivity contribution in [2.24, 2.45) is 0 Å². The van der Waals surface area contributed by atoms with Gasteiger partial charge < -0.3 is 5.11 Å². The second kappa shape index (κ2) is 5.98. The number of rotatable bonds is 2. The molecule has 0 amide bonds. The minimum absolute atomic E-state index is 0.0645.